The van der Waals surface area contributed by atoms with E-state index in [0.717, 1.165) is 33.3 Å². The van der Waals surface area contributed by atoms with Crippen LogP contribution in [0.1, 0.15) is 65.8 Å². The number of benzene rings is 9. The Bertz CT molecular complexity index is 3250. The van der Waals surface area contributed by atoms with E-state index < -0.39 is 5.41 Å². The number of furan rings is 1. The maximum absolute atomic E-state index is 6.68. The van der Waals surface area contributed by atoms with Crippen LogP contribution in [0.15, 0.2) is 223 Å². The summed E-state index contributed by atoms with van der Waals surface area (Å²) in [4.78, 5) is 2.53. The van der Waals surface area contributed by atoms with Crippen molar-refractivity contribution in [2.45, 2.75) is 43.4 Å². The van der Waals surface area contributed by atoms with Crippen molar-refractivity contribution in [2.75, 3.05) is 4.90 Å². The number of hydrogen-bond donors (Lipinski definition) is 0. The summed E-state index contributed by atoms with van der Waals surface area (Å²) in [6.07, 6.45) is 6.29. The molecule has 9 aromatic carbocycles. The van der Waals surface area contributed by atoms with Gasteiger partial charge in [0, 0.05) is 16.8 Å². The summed E-state index contributed by atoms with van der Waals surface area (Å²) in [5, 5.41) is 2.25. The Hall–Kier alpha value is -7.42. The molecular weight excluding hydrogens is 763 g/mol. The first-order chi connectivity index (χ1) is 31.3. The van der Waals surface area contributed by atoms with Gasteiger partial charge in [-0.2, -0.15) is 0 Å². The highest BCUT2D eigenvalue weighted by Gasteiger charge is 2.47. The van der Waals surface area contributed by atoms with Crippen molar-refractivity contribution >= 4 is 39.0 Å². The molecule has 2 nitrogen and oxygen atoms in total. The number of rotatable bonds is 8. The summed E-state index contributed by atoms with van der Waals surface area (Å²) < 4.78 is 6.68. The van der Waals surface area contributed by atoms with Crippen molar-refractivity contribution in [1.29, 1.82) is 0 Å². The van der Waals surface area contributed by atoms with E-state index in [9.17, 15) is 0 Å². The van der Waals surface area contributed by atoms with Gasteiger partial charge in [-0.15, -0.1) is 0 Å². The molecule has 302 valence electrons. The molecule has 1 fully saturated rings. The van der Waals surface area contributed by atoms with E-state index >= 15 is 0 Å². The third-order valence-electron chi connectivity index (χ3n) is 14.0. The van der Waals surface area contributed by atoms with Crippen molar-refractivity contribution in [3.63, 3.8) is 0 Å². The van der Waals surface area contributed by atoms with Gasteiger partial charge >= 0.3 is 0 Å². The second kappa shape index (κ2) is 15.5. The van der Waals surface area contributed by atoms with E-state index in [2.05, 4.69) is 223 Å². The van der Waals surface area contributed by atoms with Gasteiger partial charge in [0.05, 0.1) is 16.5 Å². The molecule has 12 rings (SSSR count). The monoisotopic (exact) mass is 809 g/mol. The fraction of sp³-hybridized carbons (Fsp3) is 0.115. The SMILES string of the molecule is c1ccc(-c2ccc3oc4cccc(N(c5ccc(C6(c7ccccc7)c7ccccc7-c7c(-c8ccccc8)cccc76)cc5)c5ccccc5C5CCCCC5)c4c3c2)cc1. The Labute approximate surface area is 369 Å². The molecule has 1 heterocycles. The zero-order chi connectivity index (χ0) is 41.7. The predicted molar refractivity (Wildman–Crippen MR) is 262 cm³/mol. The van der Waals surface area contributed by atoms with Crippen LogP contribution in [0.3, 0.4) is 0 Å². The van der Waals surface area contributed by atoms with Gasteiger partial charge in [-0.05, 0) is 122 Å². The maximum Gasteiger partial charge on any atom is 0.137 e. The average molecular weight is 810 g/mol. The molecule has 0 amide bonds. The maximum atomic E-state index is 6.68. The molecule has 1 saturated carbocycles. The van der Waals surface area contributed by atoms with E-state index in [1.165, 1.54) is 99.0 Å². The van der Waals surface area contributed by atoms with Crippen LogP contribution in [-0.4, -0.2) is 0 Å². The third-order valence-corrected chi connectivity index (χ3v) is 14.0. The molecule has 1 unspecified atom stereocenters. The number of hydrogen-bond acceptors (Lipinski definition) is 2. The normalized spacial score (nSPS) is 15.9. The smallest absolute Gasteiger partial charge is 0.137 e. The largest absolute Gasteiger partial charge is 0.456 e. The summed E-state index contributed by atoms with van der Waals surface area (Å²) in [7, 11) is 0. The lowest BCUT2D eigenvalue weighted by Gasteiger charge is -2.35. The highest BCUT2D eigenvalue weighted by molar-refractivity contribution is 6.14. The van der Waals surface area contributed by atoms with Crippen LogP contribution in [0.5, 0.6) is 0 Å². The lowest BCUT2D eigenvalue weighted by Crippen LogP contribution is -2.28. The minimum atomic E-state index is -0.532. The van der Waals surface area contributed by atoms with Crippen molar-refractivity contribution in [2.24, 2.45) is 0 Å². The molecule has 2 aliphatic carbocycles. The van der Waals surface area contributed by atoms with Gasteiger partial charge < -0.3 is 9.32 Å². The fourth-order valence-corrected chi connectivity index (χ4v) is 11.2. The minimum absolute atomic E-state index is 0.508. The third kappa shape index (κ3) is 6.08. The van der Waals surface area contributed by atoms with Gasteiger partial charge in [-0.1, -0.05) is 195 Å². The number of fused-ring (bicyclic) bond motifs is 6. The van der Waals surface area contributed by atoms with Gasteiger partial charge in [-0.25, -0.2) is 0 Å². The molecular formula is C61H47NO. The molecule has 0 saturated heterocycles. The van der Waals surface area contributed by atoms with E-state index in [0.29, 0.717) is 5.92 Å². The van der Waals surface area contributed by atoms with Crippen LogP contribution < -0.4 is 4.90 Å². The van der Waals surface area contributed by atoms with Crippen LogP contribution >= 0.6 is 0 Å². The summed E-state index contributed by atoms with van der Waals surface area (Å²) >= 11 is 0. The van der Waals surface area contributed by atoms with Crippen molar-refractivity contribution in [3.05, 3.63) is 246 Å². The first-order valence-electron chi connectivity index (χ1n) is 22.6. The number of nitrogens with zero attached hydrogens (tertiary/aromatic N) is 1. The Balaban J connectivity index is 1.09. The molecule has 2 heteroatoms. The Morgan fingerprint density at radius 3 is 1.84 bits per heavy atom. The number of anilines is 3. The number of para-hydroxylation sites is 1. The highest BCUT2D eigenvalue weighted by atomic mass is 16.3. The average Bonchev–Trinajstić information content (AvgIpc) is 3.90. The Morgan fingerprint density at radius 1 is 0.429 bits per heavy atom. The van der Waals surface area contributed by atoms with Crippen LogP contribution in [0.25, 0.3) is 55.3 Å². The van der Waals surface area contributed by atoms with Crippen molar-refractivity contribution in [3.8, 4) is 33.4 Å². The van der Waals surface area contributed by atoms with Gasteiger partial charge in [-0.3, -0.25) is 0 Å². The lowest BCUT2D eigenvalue weighted by molar-refractivity contribution is 0.444. The van der Waals surface area contributed by atoms with Crippen LogP contribution in [0.4, 0.5) is 17.1 Å². The molecule has 1 aromatic heterocycles. The summed E-state index contributed by atoms with van der Waals surface area (Å²) in [5.74, 6) is 0.508. The molecule has 0 radical (unpaired) electrons. The standard InChI is InChI=1S/C61H47NO/c1-5-19-42(20-6-1)45-35-40-57-52(41-45)60-56(33-18-34-58(60)63-57)62(55-32-16-14-27-49(55)43-21-7-2-8-22-43)48-38-36-47(37-39-48)61(46-25-11-4-12-26-46)53-30-15-13-28-51(53)59-50(29-17-31-54(59)61)44-23-9-3-10-24-44/h1,3-6,9-20,23-41,43H,2,7-8,21-22H2. The summed E-state index contributed by atoms with van der Waals surface area (Å²) in [6, 6.07) is 80.6. The molecule has 0 spiro atoms. The lowest BCUT2D eigenvalue weighted by atomic mass is 9.67. The fourth-order valence-electron chi connectivity index (χ4n) is 11.2. The molecule has 0 bridgehead atoms. The van der Waals surface area contributed by atoms with E-state index in [1.807, 2.05) is 0 Å². The highest BCUT2D eigenvalue weighted by Crippen LogP contribution is 2.58. The predicted octanol–water partition coefficient (Wildman–Crippen LogP) is 16.8. The van der Waals surface area contributed by atoms with Gasteiger partial charge in [0.15, 0.2) is 0 Å². The second-order valence-electron chi connectivity index (χ2n) is 17.4. The molecule has 2 aliphatic rings. The quantitative estimate of drug-likeness (QED) is 0.152. The molecule has 1 atom stereocenters. The van der Waals surface area contributed by atoms with E-state index in [1.54, 1.807) is 0 Å². The van der Waals surface area contributed by atoms with Crippen molar-refractivity contribution in [1.82, 2.24) is 0 Å². The van der Waals surface area contributed by atoms with Crippen LogP contribution in [0, 0.1) is 0 Å². The van der Waals surface area contributed by atoms with Crippen LogP contribution in [-0.2, 0) is 5.41 Å². The Morgan fingerprint density at radius 2 is 1.05 bits per heavy atom. The topological polar surface area (TPSA) is 16.4 Å². The molecule has 0 N–H and O–H groups in total. The van der Waals surface area contributed by atoms with Crippen LogP contribution in [0.2, 0.25) is 0 Å². The summed E-state index contributed by atoms with van der Waals surface area (Å²) in [5.41, 5.74) is 18.7. The summed E-state index contributed by atoms with van der Waals surface area (Å²) in [6.45, 7) is 0. The van der Waals surface area contributed by atoms with E-state index in [4.69, 9.17) is 4.42 Å². The van der Waals surface area contributed by atoms with Crippen molar-refractivity contribution < 1.29 is 4.42 Å². The Kier molecular flexibility index (Phi) is 9.18. The molecule has 10 aromatic rings. The van der Waals surface area contributed by atoms with Gasteiger partial charge in [0.2, 0.25) is 0 Å². The molecule has 63 heavy (non-hydrogen) atoms. The van der Waals surface area contributed by atoms with Gasteiger partial charge in [0.1, 0.15) is 11.2 Å². The zero-order valence-corrected chi connectivity index (χ0v) is 35.3. The minimum Gasteiger partial charge on any atom is -0.456 e. The molecule has 0 aliphatic heterocycles. The van der Waals surface area contributed by atoms with Gasteiger partial charge in [0.25, 0.3) is 0 Å². The van der Waals surface area contributed by atoms with E-state index in [-0.39, 0.29) is 0 Å². The first kappa shape index (κ1) is 37.4. The zero-order valence-electron chi connectivity index (χ0n) is 35.3. The second-order valence-corrected chi connectivity index (χ2v) is 17.4. The first-order valence-corrected chi connectivity index (χ1v) is 22.6.